The summed E-state index contributed by atoms with van der Waals surface area (Å²) in [7, 11) is -3.25. The number of hydrogen-bond acceptors (Lipinski definition) is 6. The third-order valence-electron chi connectivity index (χ3n) is 3.44. The van der Waals surface area contributed by atoms with Gasteiger partial charge in [-0.1, -0.05) is 17.4 Å². The largest absolute Gasteiger partial charge is 0.302 e. The predicted octanol–water partition coefficient (Wildman–Crippen LogP) is 3.72. The first-order chi connectivity index (χ1) is 11.4. The molecule has 1 aromatic carbocycles. The van der Waals surface area contributed by atoms with Crippen molar-refractivity contribution < 1.29 is 13.2 Å². The number of nitrogens with zero attached hydrogens (tertiary/aromatic N) is 1. The molecule has 0 saturated carbocycles. The maximum absolute atomic E-state index is 12.0. The van der Waals surface area contributed by atoms with Crippen molar-refractivity contribution in [2.75, 3.05) is 11.6 Å². The number of carbonyl (C=O) groups is 1. The molecule has 3 rings (SSSR count). The Labute approximate surface area is 148 Å². The molecule has 3 aromatic rings. The molecular formula is C16H16N2O3S3. The van der Waals surface area contributed by atoms with Crippen molar-refractivity contribution in [2.45, 2.75) is 24.2 Å². The number of nitrogens with one attached hydrogen (secondary N) is 1. The van der Waals surface area contributed by atoms with E-state index < -0.39 is 9.84 Å². The normalized spacial score (nSPS) is 11.7. The van der Waals surface area contributed by atoms with Gasteiger partial charge in [-0.05, 0) is 42.5 Å². The second kappa shape index (κ2) is 7.00. The maximum Gasteiger partial charge on any atom is 0.226 e. The summed E-state index contributed by atoms with van der Waals surface area (Å²) in [4.78, 5) is 17.9. The van der Waals surface area contributed by atoms with Crippen LogP contribution >= 0.6 is 22.7 Å². The van der Waals surface area contributed by atoms with E-state index in [-0.39, 0.29) is 10.8 Å². The fourth-order valence-electron chi connectivity index (χ4n) is 2.25. The molecule has 0 unspecified atom stereocenters. The Morgan fingerprint density at radius 2 is 2.12 bits per heavy atom. The van der Waals surface area contributed by atoms with Crippen LogP contribution in [0.25, 0.3) is 10.2 Å². The topological polar surface area (TPSA) is 76.1 Å². The SMILES string of the molecule is CS(=O)(=O)c1ccc2nc(NC(=O)CCCc3cccs3)sc2c1. The van der Waals surface area contributed by atoms with E-state index in [2.05, 4.69) is 16.4 Å². The first-order valence-corrected chi connectivity index (χ1v) is 10.9. The molecule has 0 atom stereocenters. The van der Waals surface area contributed by atoms with Gasteiger partial charge in [0.25, 0.3) is 0 Å². The number of fused-ring (bicyclic) bond motifs is 1. The third-order valence-corrected chi connectivity index (χ3v) is 6.42. The van der Waals surface area contributed by atoms with Crippen LogP contribution in [-0.4, -0.2) is 25.6 Å². The molecule has 0 radical (unpaired) electrons. The van der Waals surface area contributed by atoms with E-state index in [0.717, 1.165) is 17.5 Å². The Bertz CT molecular complexity index is 960. The Kier molecular flexibility index (Phi) is 4.98. The van der Waals surface area contributed by atoms with Crippen molar-refractivity contribution in [3.63, 3.8) is 0 Å². The van der Waals surface area contributed by atoms with Crippen LogP contribution in [0.4, 0.5) is 5.13 Å². The Hall–Kier alpha value is -1.77. The van der Waals surface area contributed by atoms with Gasteiger partial charge in [-0.2, -0.15) is 0 Å². The van der Waals surface area contributed by atoms with Crippen molar-refractivity contribution in [1.82, 2.24) is 4.98 Å². The van der Waals surface area contributed by atoms with Crippen LogP contribution in [0, 0.1) is 0 Å². The molecule has 8 heteroatoms. The van der Waals surface area contributed by atoms with Crippen molar-refractivity contribution in [2.24, 2.45) is 0 Å². The molecule has 126 valence electrons. The van der Waals surface area contributed by atoms with Crippen molar-refractivity contribution in [3.05, 3.63) is 40.6 Å². The number of thiazole rings is 1. The fourth-order valence-corrected chi connectivity index (χ4v) is 4.64. The van der Waals surface area contributed by atoms with Crippen LogP contribution in [0.3, 0.4) is 0 Å². The Morgan fingerprint density at radius 3 is 2.83 bits per heavy atom. The predicted molar refractivity (Wildman–Crippen MR) is 98.6 cm³/mol. The lowest BCUT2D eigenvalue weighted by atomic mass is 10.2. The summed E-state index contributed by atoms with van der Waals surface area (Å²) in [5.41, 5.74) is 0.682. The number of thiophene rings is 1. The van der Waals surface area contributed by atoms with Crippen LogP contribution in [0.5, 0.6) is 0 Å². The lowest BCUT2D eigenvalue weighted by molar-refractivity contribution is -0.116. The average molecular weight is 381 g/mol. The van der Waals surface area contributed by atoms with Gasteiger partial charge in [0, 0.05) is 17.6 Å². The second-order valence-corrected chi connectivity index (χ2v) is 9.48. The zero-order valence-electron chi connectivity index (χ0n) is 13.0. The number of aryl methyl sites for hydroxylation is 1. The van der Waals surface area contributed by atoms with Gasteiger partial charge in [-0.3, -0.25) is 4.79 Å². The zero-order chi connectivity index (χ0) is 17.2. The molecule has 0 aliphatic rings. The summed E-state index contributed by atoms with van der Waals surface area (Å²) in [5, 5.41) is 5.32. The van der Waals surface area contributed by atoms with E-state index in [9.17, 15) is 13.2 Å². The molecule has 0 bridgehead atoms. The molecule has 0 aliphatic heterocycles. The minimum atomic E-state index is -3.25. The first kappa shape index (κ1) is 17.1. The number of aromatic nitrogens is 1. The summed E-state index contributed by atoms with van der Waals surface area (Å²) in [6, 6.07) is 8.86. The fraction of sp³-hybridized carbons (Fsp3) is 0.250. The van der Waals surface area contributed by atoms with Crippen LogP contribution in [0.15, 0.2) is 40.6 Å². The lowest BCUT2D eigenvalue weighted by Gasteiger charge is -2.00. The van der Waals surface area contributed by atoms with Gasteiger partial charge in [0.15, 0.2) is 15.0 Å². The average Bonchev–Trinajstić information content (AvgIpc) is 3.14. The van der Waals surface area contributed by atoms with E-state index in [1.165, 1.54) is 28.5 Å². The minimum Gasteiger partial charge on any atom is -0.302 e. The summed E-state index contributed by atoms with van der Waals surface area (Å²) in [6.07, 6.45) is 3.28. The molecule has 1 amide bonds. The third kappa shape index (κ3) is 4.19. The van der Waals surface area contributed by atoms with Crippen LogP contribution < -0.4 is 5.32 Å². The van der Waals surface area contributed by atoms with E-state index in [0.29, 0.717) is 17.1 Å². The van der Waals surface area contributed by atoms with E-state index >= 15 is 0 Å². The Balaban J connectivity index is 1.63. The van der Waals surface area contributed by atoms with E-state index in [4.69, 9.17) is 0 Å². The van der Waals surface area contributed by atoms with Gasteiger partial charge in [-0.25, -0.2) is 13.4 Å². The molecule has 24 heavy (non-hydrogen) atoms. The summed E-state index contributed by atoms with van der Waals surface area (Å²) in [6.45, 7) is 0. The van der Waals surface area contributed by atoms with Gasteiger partial charge < -0.3 is 5.32 Å². The molecule has 0 aliphatic carbocycles. The monoisotopic (exact) mass is 380 g/mol. The smallest absolute Gasteiger partial charge is 0.226 e. The van der Waals surface area contributed by atoms with Gasteiger partial charge in [-0.15, -0.1) is 11.3 Å². The van der Waals surface area contributed by atoms with Crippen LogP contribution in [0.2, 0.25) is 0 Å². The minimum absolute atomic E-state index is 0.0750. The lowest BCUT2D eigenvalue weighted by Crippen LogP contribution is -2.11. The number of sulfone groups is 1. The van der Waals surface area contributed by atoms with E-state index in [1.807, 2.05) is 11.4 Å². The molecule has 5 nitrogen and oxygen atoms in total. The summed E-state index contributed by atoms with van der Waals surface area (Å²) < 4.78 is 23.9. The quantitative estimate of drug-likeness (QED) is 0.707. The number of hydrogen-bond donors (Lipinski definition) is 1. The maximum atomic E-state index is 12.0. The zero-order valence-corrected chi connectivity index (χ0v) is 15.4. The number of amides is 1. The molecule has 0 spiro atoms. The van der Waals surface area contributed by atoms with Crippen molar-refractivity contribution in [3.8, 4) is 0 Å². The summed E-state index contributed by atoms with van der Waals surface area (Å²) in [5.74, 6) is -0.0750. The van der Waals surface area contributed by atoms with Gasteiger partial charge in [0.1, 0.15) is 0 Å². The van der Waals surface area contributed by atoms with Crippen molar-refractivity contribution in [1.29, 1.82) is 0 Å². The van der Waals surface area contributed by atoms with Gasteiger partial charge in [0.2, 0.25) is 5.91 Å². The van der Waals surface area contributed by atoms with Crippen LogP contribution in [0.1, 0.15) is 17.7 Å². The van der Waals surface area contributed by atoms with Crippen LogP contribution in [-0.2, 0) is 21.1 Å². The Morgan fingerprint density at radius 1 is 1.29 bits per heavy atom. The first-order valence-electron chi connectivity index (χ1n) is 7.35. The highest BCUT2D eigenvalue weighted by Crippen LogP contribution is 2.28. The number of anilines is 1. The molecule has 0 fully saturated rings. The van der Waals surface area contributed by atoms with Gasteiger partial charge >= 0.3 is 0 Å². The highest BCUT2D eigenvalue weighted by molar-refractivity contribution is 7.90. The highest BCUT2D eigenvalue weighted by atomic mass is 32.2. The number of carbonyl (C=O) groups excluding carboxylic acids is 1. The highest BCUT2D eigenvalue weighted by Gasteiger charge is 2.12. The molecule has 0 saturated heterocycles. The molecule has 2 aromatic heterocycles. The molecular weight excluding hydrogens is 364 g/mol. The van der Waals surface area contributed by atoms with Crippen molar-refractivity contribution >= 4 is 53.8 Å². The summed E-state index contributed by atoms with van der Waals surface area (Å²) >= 11 is 2.98. The number of rotatable bonds is 6. The second-order valence-electron chi connectivity index (χ2n) is 5.40. The van der Waals surface area contributed by atoms with Gasteiger partial charge in [0.05, 0.1) is 15.1 Å². The molecule has 1 N–H and O–H groups in total. The van der Waals surface area contributed by atoms with E-state index in [1.54, 1.807) is 23.5 Å². The standard InChI is InChI=1S/C16H16N2O3S3/c1-24(20,21)12-7-8-13-14(10-12)23-16(17-13)18-15(19)6-2-4-11-5-3-9-22-11/h3,5,7-10H,2,4,6H2,1H3,(H,17,18,19). The number of benzene rings is 1. The molecule has 2 heterocycles.